The molecule has 0 amide bonds. The third-order valence-corrected chi connectivity index (χ3v) is 3.25. The quantitative estimate of drug-likeness (QED) is 0.858. The number of rotatable bonds is 4. The van der Waals surface area contributed by atoms with Gasteiger partial charge in [-0.15, -0.1) is 11.8 Å². The Kier molecular flexibility index (Phi) is 3.66. The monoisotopic (exact) mass is 266 g/mol. The van der Waals surface area contributed by atoms with Gasteiger partial charge in [-0.05, 0) is 18.4 Å². The van der Waals surface area contributed by atoms with Crippen molar-refractivity contribution in [2.75, 3.05) is 26.2 Å². The molecule has 1 heterocycles. The smallest absolute Gasteiger partial charge is 0.292 e. The highest BCUT2D eigenvalue weighted by molar-refractivity contribution is 7.98. The molecule has 0 radical (unpaired) electrons. The van der Waals surface area contributed by atoms with Crippen LogP contribution in [-0.4, -0.2) is 25.5 Å². The molecule has 0 spiro atoms. The molecule has 2 rings (SSSR count). The lowest BCUT2D eigenvalue weighted by Gasteiger charge is -2.12. The van der Waals surface area contributed by atoms with E-state index in [1.165, 1.54) is 0 Å². The summed E-state index contributed by atoms with van der Waals surface area (Å²) in [6.45, 7) is 0. The van der Waals surface area contributed by atoms with E-state index in [1.807, 2.05) is 18.4 Å². The zero-order valence-corrected chi connectivity index (χ0v) is 11.2. The minimum atomic E-state index is 0.125. The van der Waals surface area contributed by atoms with Crippen LogP contribution in [0.4, 0.5) is 6.01 Å². The summed E-state index contributed by atoms with van der Waals surface area (Å²) in [7, 11) is 3.23. The normalized spacial score (nSPS) is 10.4. The van der Waals surface area contributed by atoms with Crippen LogP contribution in [0.3, 0.4) is 0 Å². The summed E-state index contributed by atoms with van der Waals surface area (Å²) < 4.78 is 16.0. The molecule has 0 unspecified atom stereocenters. The van der Waals surface area contributed by atoms with Gasteiger partial charge in [-0.25, -0.2) is 4.98 Å². The number of anilines is 1. The zero-order chi connectivity index (χ0) is 13.1. The van der Waals surface area contributed by atoms with Crippen LogP contribution in [0.5, 0.6) is 11.5 Å². The largest absolute Gasteiger partial charge is 0.496 e. The number of oxazole rings is 1. The van der Waals surface area contributed by atoms with Crippen LogP contribution >= 0.6 is 11.8 Å². The van der Waals surface area contributed by atoms with Gasteiger partial charge in [0.1, 0.15) is 11.5 Å². The molecule has 0 saturated carbocycles. The van der Waals surface area contributed by atoms with Crippen LogP contribution in [0.15, 0.2) is 27.6 Å². The predicted molar refractivity (Wildman–Crippen MR) is 71.2 cm³/mol. The Morgan fingerprint density at radius 2 is 1.94 bits per heavy atom. The molecule has 0 aliphatic rings. The van der Waals surface area contributed by atoms with Gasteiger partial charge in [0.2, 0.25) is 0 Å². The molecule has 2 aromatic rings. The number of thioether (sulfide) groups is 1. The number of nitrogens with two attached hydrogens (primary N) is 1. The van der Waals surface area contributed by atoms with Gasteiger partial charge in [-0.2, -0.15) is 0 Å². The van der Waals surface area contributed by atoms with E-state index in [-0.39, 0.29) is 6.01 Å². The van der Waals surface area contributed by atoms with Crippen LogP contribution < -0.4 is 15.2 Å². The van der Waals surface area contributed by atoms with E-state index in [1.54, 1.807) is 32.2 Å². The SMILES string of the molecule is COc1cc(-c2cnc(N)o2)c(OC)cc1SC. The Hall–Kier alpha value is -1.82. The molecule has 0 aliphatic heterocycles. The summed E-state index contributed by atoms with van der Waals surface area (Å²) in [6, 6.07) is 3.88. The molecule has 0 aliphatic carbocycles. The topological polar surface area (TPSA) is 70.5 Å². The van der Waals surface area contributed by atoms with Crippen molar-refractivity contribution in [3.63, 3.8) is 0 Å². The second-order valence-corrected chi connectivity index (χ2v) is 4.32. The van der Waals surface area contributed by atoms with Crippen molar-refractivity contribution >= 4 is 17.8 Å². The lowest BCUT2D eigenvalue weighted by atomic mass is 10.1. The van der Waals surface area contributed by atoms with Crippen molar-refractivity contribution < 1.29 is 13.9 Å². The number of hydrogen-bond donors (Lipinski definition) is 1. The molecule has 0 saturated heterocycles. The van der Waals surface area contributed by atoms with Crippen LogP contribution in [0, 0.1) is 0 Å². The summed E-state index contributed by atoms with van der Waals surface area (Å²) in [5.41, 5.74) is 6.24. The molecule has 0 atom stereocenters. The van der Waals surface area contributed by atoms with Crippen molar-refractivity contribution in [1.82, 2.24) is 4.98 Å². The van der Waals surface area contributed by atoms with Gasteiger partial charge in [0.05, 0.1) is 30.9 Å². The van der Waals surface area contributed by atoms with E-state index in [2.05, 4.69) is 4.98 Å². The van der Waals surface area contributed by atoms with E-state index >= 15 is 0 Å². The highest BCUT2D eigenvalue weighted by Crippen LogP contribution is 2.39. The van der Waals surface area contributed by atoms with Gasteiger partial charge in [0, 0.05) is 0 Å². The summed E-state index contributed by atoms with van der Waals surface area (Å²) >= 11 is 1.58. The van der Waals surface area contributed by atoms with Gasteiger partial charge < -0.3 is 19.6 Å². The lowest BCUT2D eigenvalue weighted by Crippen LogP contribution is -1.92. The second kappa shape index (κ2) is 5.22. The fraction of sp³-hybridized carbons (Fsp3) is 0.250. The maximum atomic E-state index is 5.48. The molecule has 1 aromatic carbocycles. The first-order valence-corrected chi connectivity index (χ1v) is 6.43. The maximum absolute atomic E-state index is 5.48. The average Bonchev–Trinajstić information content (AvgIpc) is 2.83. The van der Waals surface area contributed by atoms with Gasteiger partial charge in [-0.3, -0.25) is 0 Å². The van der Waals surface area contributed by atoms with E-state index < -0.39 is 0 Å². The Bertz CT molecular complexity index is 554. The van der Waals surface area contributed by atoms with Gasteiger partial charge in [0.25, 0.3) is 6.01 Å². The fourth-order valence-electron chi connectivity index (χ4n) is 1.63. The van der Waals surface area contributed by atoms with Gasteiger partial charge in [-0.1, -0.05) is 0 Å². The summed E-state index contributed by atoms with van der Waals surface area (Å²) in [5.74, 6) is 2.00. The first-order chi connectivity index (χ1) is 8.69. The Morgan fingerprint density at radius 3 is 2.44 bits per heavy atom. The number of nitrogens with zero attached hydrogens (tertiary/aromatic N) is 1. The standard InChI is InChI=1S/C12H14N2O3S/c1-15-8-5-11(18-3)9(16-2)4-7(8)10-6-14-12(13)17-10/h4-6H,1-3H3,(H2,13,14). The molecule has 0 bridgehead atoms. The number of benzene rings is 1. The van der Waals surface area contributed by atoms with Crippen molar-refractivity contribution in [2.24, 2.45) is 0 Å². The molecular weight excluding hydrogens is 252 g/mol. The highest BCUT2D eigenvalue weighted by atomic mass is 32.2. The van der Waals surface area contributed by atoms with E-state index in [0.29, 0.717) is 11.5 Å². The van der Waals surface area contributed by atoms with Crippen molar-refractivity contribution in [2.45, 2.75) is 4.90 Å². The van der Waals surface area contributed by atoms with E-state index in [0.717, 1.165) is 16.2 Å². The molecule has 0 fully saturated rings. The first-order valence-electron chi connectivity index (χ1n) is 5.21. The van der Waals surface area contributed by atoms with Crippen molar-refractivity contribution in [3.8, 4) is 22.8 Å². The van der Waals surface area contributed by atoms with Crippen LogP contribution in [0.1, 0.15) is 0 Å². The van der Waals surface area contributed by atoms with Gasteiger partial charge >= 0.3 is 0 Å². The van der Waals surface area contributed by atoms with Crippen LogP contribution in [0.2, 0.25) is 0 Å². The van der Waals surface area contributed by atoms with E-state index in [9.17, 15) is 0 Å². The number of aromatic nitrogens is 1. The summed E-state index contributed by atoms with van der Waals surface area (Å²) in [6.07, 6.45) is 3.54. The maximum Gasteiger partial charge on any atom is 0.292 e. The molecule has 1 aromatic heterocycles. The number of hydrogen-bond acceptors (Lipinski definition) is 6. The van der Waals surface area contributed by atoms with E-state index in [4.69, 9.17) is 19.6 Å². The van der Waals surface area contributed by atoms with Crippen LogP contribution in [-0.2, 0) is 0 Å². The number of ether oxygens (including phenoxy) is 2. The third-order valence-electron chi connectivity index (χ3n) is 2.49. The fourth-order valence-corrected chi connectivity index (χ4v) is 2.20. The van der Waals surface area contributed by atoms with Crippen molar-refractivity contribution in [3.05, 3.63) is 18.3 Å². The Balaban J connectivity index is 2.58. The Morgan fingerprint density at radius 1 is 1.22 bits per heavy atom. The highest BCUT2D eigenvalue weighted by Gasteiger charge is 2.15. The number of nitrogen functional groups attached to an aromatic ring is 1. The number of methoxy groups -OCH3 is 2. The van der Waals surface area contributed by atoms with Crippen molar-refractivity contribution in [1.29, 1.82) is 0 Å². The zero-order valence-electron chi connectivity index (χ0n) is 10.4. The van der Waals surface area contributed by atoms with Gasteiger partial charge in [0.15, 0.2) is 5.76 Å². The summed E-state index contributed by atoms with van der Waals surface area (Å²) in [4.78, 5) is 4.87. The lowest BCUT2D eigenvalue weighted by molar-refractivity contribution is 0.394. The minimum absolute atomic E-state index is 0.125. The molecule has 5 nitrogen and oxygen atoms in total. The molecule has 6 heteroatoms. The predicted octanol–water partition coefficient (Wildman–Crippen LogP) is 2.66. The molecule has 18 heavy (non-hydrogen) atoms. The summed E-state index contributed by atoms with van der Waals surface area (Å²) in [5, 5.41) is 0. The molecule has 96 valence electrons. The Labute approximate surface area is 109 Å². The third kappa shape index (κ3) is 2.24. The van der Waals surface area contributed by atoms with Crippen LogP contribution in [0.25, 0.3) is 11.3 Å². The average molecular weight is 266 g/mol. The second-order valence-electron chi connectivity index (χ2n) is 3.47. The first kappa shape index (κ1) is 12.6. The molecular formula is C12H14N2O3S. The molecule has 2 N–H and O–H groups in total. The minimum Gasteiger partial charge on any atom is -0.496 e.